The van der Waals surface area contributed by atoms with Gasteiger partial charge in [0.1, 0.15) is 6.10 Å². The Bertz CT molecular complexity index is 457. The van der Waals surface area contributed by atoms with E-state index < -0.39 is 0 Å². The standard InChI is InChI=1S/C26H50O4.C5H11N.2C2H6.CH3F/c1-3-5-7-9-12-16-20-25(21-17-13-10-8-6-4-2)30-26(28)22-18-14-11-15-19-23-29-24-27;1-5-3-2-4-6-5;3*1-2/h24-25H,3-23H2,1-2H3;5-6H,2-4H2,1H3;2*1-2H3;1H3. The van der Waals surface area contributed by atoms with Crippen LogP contribution in [0.5, 0.6) is 0 Å². The lowest BCUT2D eigenvalue weighted by atomic mass is 10.0. The van der Waals surface area contributed by atoms with E-state index in [1.54, 1.807) is 0 Å². The second-order valence-electron chi connectivity index (χ2n) is 10.7. The van der Waals surface area contributed by atoms with E-state index in [0.29, 0.717) is 26.7 Å². The molecule has 0 aliphatic carbocycles. The van der Waals surface area contributed by atoms with E-state index in [0.717, 1.165) is 51.0 Å². The summed E-state index contributed by atoms with van der Waals surface area (Å²) in [7, 11) is 0.500. The number of hydrogen-bond donors (Lipinski definition) is 1. The fourth-order valence-electron chi connectivity index (χ4n) is 4.70. The van der Waals surface area contributed by atoms with Crippen molar-refractivity contribution in [2.45, 2.75) is 202 Å². The van der Waals surface area contributed by atoms with Gasteiger partial charge >= 0.3 is 5.97 Å². The van der Waals surface area contributed by atoms with Gasteiger partial charge in [0.15, 0.2) is 0 Å². The summed E-state index contributed by atoms with van der Waals surface area (Å²) in [5.41, 5.74) is 0. The van der Waals surface area contributed by atoms with Gasteiger partial charge in [0.2, 0.25) is 0 Å². The van der Waals surface area contributed by atoms with Gasteiger partial charge in [0.05, 0.1) is 13.8 Å². The second-order valence-corrected chi connectivity index (χ2v) is 10.7. The van der Waals surface area contributed by atoms with Gasteiger partial charge in [0.25, 0.3) is 6.47 Å². The molecule has 0 bridgehead atoms. The minimum absolute atomic E-state index is 0.0127. The minimum atomic E-state index is -0.0127. The van der Waals surface area contributed by atoms with Crippen LogP contribution in [0.3, 0.4) is 0 Å². The number of hydrogen-bond acceptors (Lipinski definition) is 5. The van der Waals surface area contributed by atoms with Crippen LogP contribution in [0.25, 0.3) is 0 Å². The highest BCUT2D eigenvalue weighted by Crippen LogP contribution is 2.18. The first kappa shape index (κ1) is 47.8. The smallest absolute Gasteiger partial charge is 0.306 e. The summed E-state index contributed by atoms with van der Waals surface area (Å²) in [6.07, 6.45) is 25.8. The van der Waals surface area contributed by atoms with E-state index in [1.807, 2.05) is 27.7 Å². The Morgan fingerprint density at radius 2 is 1.21 bits per heavy atom. The molecule has 0 amide bonds. The Kier molecular flexibility index (Phi) is 53.2. The molecule has 1 fully saturated rings. The first-order valence-corrected chi connectivity index (χ1v) is 18.0. The number of carbonyl (C=O) groups is 2. The van der Waals surface area contributed by atoms with Crippen molar-refractivity contribution in [1.82, 2.24) is 5.32 Å². The number of carbonyl (C=O) groups excluding carboxylic acids is 2. The van der Waals surface area contributed by atoms with Crippen molar-refractivity contribution in [3.05, 3.63) is 0 Å². The maximum absolute atomic E-state index is 12.3. The highest BCUT2D eigenvalue weighted by molar-refractivity contribution is 5.69. The zero-order valence-electron chi connectivity index (χ0n) is 29.7. The van der Waals surface area contributed by atoms with Gasteiger partial charge in [-0.15, -0.1) is 0 Å². The molecular weight excluding hydrogens is 529 g/mol. The number of esters is 1. The molecule has 0 aromatic carbocycles. The van der Waals surface area contributed by atoms with Crippen LogP contribution in [0, 0.1) is 0 Å². The molecule has 0 saturated carbocycles. The van der Waals surface area contributed by atoms with Crippen molar-refractivity contribution in [3.63, 3.8) is 0 Å². The lowest BCUT2D eigenvalue weighted by molar-refractivity contribution is -0.150. The maximum atomic E-state index is 12.3. The van der Waals surface area contributed by atoms with Gasteiger partial charge in [-0.25, -0.2) is 0 Å². The number of unbranched alkanes of at least 4 members (excludes halogenated alkanes) is 14. The number of halogens is 1. The number of nitrogens with one attached hydrogen (secondary N) is 1. The van der Waals surface area contributed by atoms with Gasteiger partial charge in [-0.1, -0.05) is 125 Å². The normalized spacial score (nSPS) is 13.2. The van der Waals surface area contributed by atoms with E-state index >= 15 is 0 Å². The molecule has 0 aromatic heterocycles. The first-order chi connectivity index (χ1) is 20.6. The molecule has 0 radical (unpaired) electrons. The Morgan fingerprint density at radius 1 is 0.762 bits per heavy atom. The van der Waals surface area contributed by atoms with E-state index in [1.165, 1.54) is 96.4 Å². The first-order valence-electron chi connectivity index (χ1n) is 18.0. The van der Waals surface area contributed by atoms with Crippen LogP contribution in [-0.2, 0) is 19.1 Å². The Morgan fingerprint density at radius 3 is 1.62 bits per heavy atom. The molecule has 1 N–H and O–H groups in total. The molecule has 1 unspecified atom stereocenters. The van der Waals surface area contributed by atoms with Crippen LogP contribution in [0.4, 0.5) is 4.39 Å². The molecule has 256 valence electrons. The minimum Gasteiger partial charge on any atom is -0.468 e. The molecule has 0 aromatic rings. The fraction of sp³-hybridized carbons (Fsp3) is 0.944. The monoisotopic (exact) mass is 606 g/mol. The third-order valence-corrected chi connectivity index (χ3v) is 7.08. The largest absolute Gasteiger partial charge is 0.468 e. The lowest BCUT2D eigenvalue weighted by Crippen LogP contribution is -2.18. The summed E-state index contributed by atoms with van der Waals surface area (Å²) >= 11 is 0. The average molecular weight is 606 g/mol. The van der Waals surface area contributed by atoms with Crippen molar-refractivity contribution < 1.29 is 23.5 Å². The van der Waals surface area contributed by atoms with Crippen LogP contribution in [0.2, 0.25) is 0 Å². The summed E-state index contributed by atoms with van der Waals surface area (Å²) in [5, 5.41) is 3.32. The summed E-state index contributed by atoms with van der Waals surface area (Å²) in [4.78, 5) is 22.4. The number of rotatable bonds is 24. The van der Waals surface area contributed by atoms with E-state index in [-0.39, 0.29) is 12.1 Å². The van der Waals surface area contributed by atoms with Gasteiger partial charge in [-0.05, 0) is 64.8 Å². The Balaban J connectivity index is -0.000000505. The van der Waals surface area contributed by atoms with Crippen LogP contribution >= 0.6 is 0 Å². The molecule has 1 heterocycles. The predicted molar refractivity (Wildman–Crippen MR) is 182 cm³/mol. The second kappa shape index (κ2) is 46.8. The van der Waals surface area contributed by atoms with Gasteiger partial charge < -0.3 is 14.8 Å². The van der Waals surface area contributed by atoms with Crippen LogP contribution < -0.4 is 5.32 Å². The zero-order chi connectivity index (χ0) is 32.5. The molecule has 5 nitrogen and oxygen atoms in total. The maximum Gasteiger partial charge on any atom is 0.306 e. The van der Waals surface area contributed by atoms with Crippen molar-refractivity contribution in [2.24, 2.45) is 0 Å². The van der Waals surface area contributed by atoms with Gasteiger partial charge in [-0.2, -0.15) is 0 Å². The van der Waals surface area contributed by atoms with Crippen molar-refractivity contribution in [1.29, 1.82) is 0 Å². The van der Waals surface area contributed by atoms with Gasteiger partial charge in [-0.3, -0.25) is 14.0 Å². The van der Waals surface area contributed by atoms with Crippen LogP contribution in [0.15, 0.2) is 0 Å². The Hall–Kier alpha value is -1.17. The summed E-state index contributed by atoms with van der Waals surface area (Å²) < 4.78 is 20.1. The average Bonchev–Trinajstić information content (AvgIpc) is 3.52. The van der Waals surface area contributed by atoms with E-state index in [4.69, 9.17) is 4.74 Å². The number of alkyl halides is 1. The van der Waals surface area contributed by atoms with Crippen molar-refractivity contribution >= 4 is 12.4 Å². The Labute approximate surface area is 263 Å². The third kappa shape index (κ3) is 43.3. The predicted octanol–water partition coefficient (Wildman–Crippen LogP) is 11.3. The molecule has 1 saturated heterocycles. The van der Waals surface area contributed by atoms with Crippen LogP contribution in [0.1, 0.15) is 190 Å². The van der Waals surface area contributed by atoms with Crippen molar-refractivity contribution in [3.8, 4) is 0 Å². The van der Waals surface area contributed by atoms with E-state index in [9.17, 15) is 14.0 Å². The highest BCUT2D eigenvalue weighted by atomic mass is 19.1. The molecular formula is C36H76FNO4. The molecule has 1 rings (SSSR count). The fourth-order valence-corrected chi connectivity index (χ4v) is 4.70. The quantitative estimate of drug-likeness (QED) is 0.0673. The molecule has 6 heteroatoms. The highest BCUT2D eigenvalue weighted by Gasteiger charge is 2.14. The molecule has 42 heavy (non-hydrogen) atoms. The number of ether oxygens (including phenoxy) is 2. The van der Waals surface area contributed by atoms with Gasteiger partial charge in [0, 0.05) is 12.5 Å². The molecule has 1 aliphatic rings. The molecule has 0 spiro atoms. The van der Waals surface area contributed by atoms with E-state index in [2.05, 4.69) is 30.8 Å². The molecule has 1 aliphatic heterocycles. The lowest BCUT2D eigenvalue weighted by Gasteiger charge is -2.18. The van der Waals surface area contributed by atoms with Crippen LogP contribution in [-0.4, -0.2) is 44.9 Å². The topological polar surface area (TPSA) is 64.6 Å². The SMILES string of the molecule is CC.CC.CC1CCCN1.CCCCCCCCC(CCCCCCCC)OC(=O)CCCCCCCOC=O.CF. The third-order valence-electron chi connectivity index (χ3n) is 7.08. The molecule has 1 atom stereocenters. The summed E-state index contributed by atoms with van der Waals surface area (Å²) in [6.45, 7) is 17.0. The summed E-state index contributed by atoms with van der Waals surface area (Å²) in [5.74, 6) is -0.0127. The summed E-state index contributed by atoms with van der Waals surface area (Å²) in [6, 6.07) is 0.796. The zero-order valence-corrected chi connectivity index (χ0v) is 29.7. The van der Waals surface area contributed by atoms with Crippen molar-refractivity contribution in [2.75, 3.05) is 20.3 Å².